The molecule has 1 aliphatic carbocycles. The molecule has 0 spiro atoms. The third kappa shape index (κ3) is 8.54. The Kier molecular flexibility index (Phi) is 7.49. The molecule has 0 aromatic carbocycles. The normalized spacial score (nSPS) is 14.6. The highest BCUT2D eigenvalue weighted by Gasteiger charge is 2.25. The van der Waals surface area contributed by atoms with E-state index < -0.39 is 0 Å². The van der Waals surface area contributed by atoms with Crippen LogP contribution in [0.4, 0.5) is 0 Å². The van der Waals surface area contributed by atoms with Gasteiger partial charge in [-0.1, -0.05) is 28.9 Å². The molecule has 1 amide bonds. The summed E-state index contributed by atoms with van der Waals surface area (Å²) in [6.45, 7) is 12.1. The van der Waals surface area contributed by atoms with E-state index in [1.165, 1.54) is 24.0 Å². The lowest BCUT2D eigenvalue weighted by Crippen LogP contribution is -2.32. The van der Waals surface area contributed by atoms with Crippen LogP contribution in [0.5, 0.6) is 0 Å². The van der Waals surface area contributed by atoms with Gasteiger partial charge in [0.1, 0.15) is 0 Å². The van der Waals surface area contributed by atoms with Crippen molar-refractivity contribution in [3.05, 3.63) is 34.9 Å². The molecule has 0 radical (unpaired) electrons. The zero-order chi connectivity index (χ0) is 15.8. The first kappa shape index (κ1) is 17.7. The van der Waals surface area contributed by atoms with Gasteiger partial charge in [-0.3, -0.25) is 4.79 Å². The maximum atomic E-state index is 12.2. The van der Waals surface area contributed by atoms with Gasteiger partial charge in [0.15, 0.2) is 0 Å². The van der Waals surface area contributed by atoms with Crippen LogP contribution in [0, 0.1) is 5.92 Å². The number of carbonyl (C=O) groups is 1. The van der Waals surface area contributed by atoms with Crippen molar-refractivity contribution < 1.29 is 4.79 Å². The zero-order valence-corrected chi connectivity index (χ0v) is 14.4. The van der Waals surface area contributed by atoms with E-state index >= 15 is 0 Å². The van der Waals surface area contributed by atoms with Gasteiger partial charge in [0.2, 0.25) is 5.91 Å². The summed E-state index contributed by atoms with van der Waals surface area (Å²) in [7, 11) is 0. The van der Waals surface area contributed by atoms with Crippen LogP contribution < -0.4 is 0 Å². The predicted octanol–water partition coefficient (Wildman–Crippen LogP) is 4.88. The molecule has 0 saturated heterocycles. The maximum Gasteiger partial charge on any atom is 0.246 e. The Morgan fingerprint density at radius 3 is 2.24 bits per heavy atom. The highest BCUT2D eigenvalue weighted by atomic mass is 16.2. The van der Waals surface area contributed by atoms with Crippen molar-refractivity contribution in [3.8, 4) is 0 Å². The molecule has 1 fully saturated rings. The Balaban J connectivity index is 2.53. The monoisotopic (exact) mass is 289 g/mol. The molecule has 0 N–H and O–H groups in total. The largest absolute Gasteiger partial charge is 0.335 e. The van der Waals surface area contributed by atoms with Crippen LogP contribution in [-0.4, -0.2) is 23.9 Å². The molecule has 2 heteroatoms. The standard InChI is InChI=1S/C19H31NO/c1-15(2)7-6-8-17(5)11-12-20(14-18-9-10-18)19(21)13-16(3)4/h7,11,13,18H,6,8-10,12,14H2,1-5H3. The Morgan fingerprint density at radius 1 is 1.05 bits per heavy atom. The molecule has 1 rings (SSSR count). The summed E-state index contributed by atoms with van der Waals surface area (Å²) in [6, 6.07) is 0. The molecular formula is C19H31NO. The Hall–Kier alpha value is -1.31. The second-order valence-corrected chi connectivity index (χ2v) is 6.78. The summed E-state index contributed by atoms with van der Waals surface area (Å²) >= 11 is 0. The molecule has 1 saturated carbocycles. The summed E-state index contributed by atoms with van der Waals surface area (Å²) in [5, 5.41) is 0. The Morgan fingerprint density at radius 2 is 1.71 bits per heavy atom. The van der Waals surface area contributed by atoms with E-state index in [1.807, 2.05) is 18.7 Å². The molecule has 21 heavy (non-hydrogen) atoms. The van der Waals surface area contributed by atoms with Crippen LogP contribution in [-0.2, 0) is 4.79 Å². The van der Waals surface area contributed by atoms with Crippen molar-refractivity contribution in [2.45, 2.75) is 60.3 Å². The highest BCUT2D eigenvalue weighted by molar-refractivity contribution is 5.88. The molecule has 0 aromatic rings. The lowest BCUT2D eigenvalue weighted by molar-refractivity contribution is -0.125. The number of nitrogens with zero attached hydrogens (tertiary/aromatic N) is 1. The first-order chi connectivity index (χ1) is 9.88. The summed E-state index contributed by atoms with van der Waals surface area (Å²) in [6.07, 6.45) is 11.0. The van der Waals surface area contributed by atoms with E-state index in [-0.39, 0.29) is 5.91 Å². The number of allylic oxidation sites excluding steroid dienone is 4. The quantitative estimate of drug-likeness (QED) is 0.460. The van der Waals surface area contributed by atoms with E-state index in [4.69, 9.17) is 0 Å². The van der Waals surface area contributed by atoms with Gasteiger partial charge >= 0.3 is 0 Å². The van der Waals surface area contributed by atoms with E-state index in [0.29, 0.717) is 0 Å². The van der Waals surface area contributed by atoms with Gasteiger partial charge in [0.05, 0.1) is 0 Å². The minimum absolute atomic E-state index is 0.162. The van der Waals surface area contributed by atoms with Gasteiger partial charge in [0, 0.05) is 19.2 Å². The molecule has 1 aliphatic rings. The fraction of sp³-hybridized carbons (Fsp3) is 0.632. The van der Waals surface area contributed by atoms with E-state index in [0.717, 1.165) is 37.4 Å². The van der Waals surface area contributed by atoms with Gasteiger partial charge < -0.3 is 4.90 Å². The number of hydrogen-bond donors (Lipinski definition) is 0. The van der Waals surface area contributed by atoms with Gasteiger partial charge in [-0.05, 0) is 66.2 Å². The number of carbonyl (C=O) groups excluding carboxylic acids is 1. The third-order valence-electron chi connectivity index (χ3n) is 3.65. The SMILES string of the molecule is CC(C)=CCCC(C)=CCN(CC1CC1)C(=O)C=C(C)C. The number of amides is 1. The van der Waals surface area contributed by atoms with Crippen LogP contribution in [0.25, 0.3) is 0 Å². The van der Waals surface area contributed by atoms with Crippen LogP contribution >= 0.6 is 0 Å². The molecule has 0 atom stereocenters. The van der Waals surface area contributed by atoms with Crippen molar-refractivity contribution >= 4 is 5.91 Å². The van der Waals surface area contributed by atoms with Crippen LogP contribution in [0.2, 0.25) is 0 Å². The topological polar surface area (TPSA) is 20.3 Å². The molecule has 2 nitrogen and oxygen atoms in total. The molecule has 0 bridgehead atoms. The maximum absolute atomic E-state index is 12.2. The average Bonchev–Trinajstić information content (AvgIpc) is 3.16. The molecular weight excluding hydrogens is 258 g/mol. The first-order valence-electron chi connectivity index (χ1n) is 8.11. The fourth-order valence-electron chi connectivity index (χ4n) is 2.16. The van der Waals surface area contributed by atoms with Crippen molar-refractivity contribution in [2.75, 3.05) is 13.1 Å². The number of hydrogen-bond acceptors (Lipinski definition) is 1. The molecule has 0 aliphatic heterocycles. The summed E-state index contributed by atoms with van der Waals surface area (Å²) < 4.78 is 0. The van der Waals surface area contributed by atoms with E-state index in [9.17, 15) is 4.79 Å². The van der Waals surface area contributed by atoms with E-state index in [1.54, 1.807) is 6.08 Å². The van der Waals surface area contributed by atoms with Gasteiger partial charge in [-0.2, -0.15) is 0 Å². The average molecular weight is 289 g/mol. The summed E-state index contributed by atoms with van der Waals surface area (Å²) in [5.74, 6) is 0.897. The van der Waals surface area contributed by atoms with Gasteiger partial charge in [-0.25, -0.2) is 0 Å². The lowest BCUT2D eigenvalue weighted by atomic mass is 10.1. The predicted molar refractivity (Wildman–Crippen MR) is 91.2 cm³/mol. The molecule has 0 aromatic heterocycles. The smallest absolute Gasteiger partial charge is 0.246 e. The van der Waals surface area contributed by atoms with Gasteiger partial charge in [0.25, 0.3) is 0 Å². The van der Waals surface area contributed by atoms with Crippen molar-refractivity contribution in [3.63, 3.8) is 0 Å². The van der Waals surface area contributed by atoms with Gasteiger partial charge in [-0.15, -0.1) is 0 Å². The molecule has 0 heterocycles. The summed E-state index contributed by atoms with van der Waals surface area (Å²) in [4.78, 5) is 14.2. The molecule has 118 valence electrons. The van der Waals surface area contributed by atoms with Crippen LogP contribution in [0.3, 0.4) is 0 Å². The summed E-state index contributed by atoms with van der Waals surface area (Å²) in [5.41, 5.74) is 3.82. The van der Waals surface area contributed by atoms with Crippen molar-refractivity contribution in [1.82, 2.24) is 4.90 Å². The molecule has 0 unspecified atom stereocenters. The highest BCUT2D eigenvalue weighted by Crippen LogP contribution is 2.29. The second-order valence-electron chi connectivity index (χ2n) is 6.78. The Labute approximate surface area is 130 Å². The second kappa shape index (κ2) is 8.86. The van der Waals surface area contributed by atoms with Crippen LogP contribution in [0.1, 0.15) is 60.3 Å². The lowest BCUT2D eigenvalue weighted by Gasteiger charge is -2.20. The third-order valence-corrected chi connectivity index (χ3v) is 3.65. The number of rotatable bonds is 8. The van der Waals surface area contributed by atoms with Crippen LogP contribution in [0.15, 0.2) is 34.9 Å². The van der Waals surface area contributed by atoms with Crippen molar-refractivity contribution in [2.24, 2.45) is 5.92 Å². The minimum atomic E-state index is 0.162. The Bertz CT molecular complexity index is 430. The zero-order valence-electron chi connectivity index (χ0n) is 14.4. The van der Waals surface area contributed by atoms with E-state index in [2.05, 4.69) is 32.9 Å². The minimum Gasteiger partial charge on any atom is -0.335 e. The van der Waals surface area contributed by atoms with Crippen molar-refractivity contribution in [1.29, 1.82) is 0 Å². The first-order valence-corrected chi connectivity index (χ1v) is 8.11. The fourth-order valence-corrected chi connectivity index (χ4v) is 2.16.